The van der Waals surface area contributed by atoms with Crippen LogP contribution in [0, 0.1) is 10.1 Å². The molecule has 0 aliphatic carbocycles. The first kappa shape index (κ1) is 16.3. The number of phenolic OH excluding ortho intramolecular Hbond substituents is 1. The molecular formula is C16H9Cl2NO5. The lowest BCUT2D eigenvalue weighted by molar-refractivity contribution is -0.434. The van der Waals surface area contributed by atoms with Gasteiger partial charge < -0.3 is 9.84 Å². The van der Waals surface area contributed by atoms with Crippen molar-refractivity contribution >= 4 is 35.6 Å². The van der Waals surface area contributed by atoms with Gasteiger partial charge in [-0.2, -0.15) is 0 Å². The van der Waals surface area contributed by atoms with Crippen molar-refractivity contribution in [2.75, 3.05) is 0 Å². The van der Waals surface area contributed by atoms with Gasteiger partial charge in [0, 0.05) is 27.2 Å². The van der Waals surface area contributed by atoms with Gasteiger partial charge in [-0.3, -0.25) is 14.9 Å². The Hall–Kier alpha value is -2.57. The molecule has 1 atom stereocenters. The fraction of sp³-hybridized carbons (Fsp3) is 0.0625. The number of carbonyl (C=O) groups is 1. The van der Waals surface area contributed by atoms with Crippen LogP contribution in [-0.2, 0) is 0 Å². The molecule has 1 unspecified atom stereocenters. The number of aldehydes is 1. The van der Waals surface area contributed by atoms with E-state index in [1.54, 1.807) is 12.1 Å². The average Bonchev–Trinajstić information content (AvgIpc) is 2.55. The maximum Gasteiger partial charge on any atom is 0.291 e. The minimum atomic E-state index is -1.22. The number of phenols is 1. The summed E-state index contributed by atoms with van der Waals surface area (Å²) in [4.78, 5) is 21.9. The highest BCUT2D eigenvalue weighted by Crippen LogP contribution is 2.42. The van der Waals surface area contributed by atoms with Gasteiger partial charge in [-0.05, 0) is 30.3 Å². The third-order valence-electron chi connectivity index (χ3n) is 3.54. The number of aromatic hydroxyl groups is 1. The highest BCUT2D eigenvalue weighted by molar-refractivity contribution is 6.31. The van der Waals surface area contributed by atoms with Gasteiger partial charge in [0.1, 0.15) is 11.5 Å². The van der Waals surface area contributed by atoms with Gasteiger partial charge in [0.05, 0.1) is 10.5 Å². The molecule has 0 saturated heterocycles. The number of hydrogen-bond donors (Lipinski definition) is 1. The summed E-state index contributed by atoms with van der Waals surface area (Å²) in [6.45, 7) is 0. The first-order valence-electron chi connectivity index (χ1n) is 6.70. The van der Waals surface area contributed by atoms with Crippen LogP contribution in [0.5, 0.6) is 11.5 Å². The number of carbonyl (C=O) groups excluding carboxylic acids is 1. The van der Waals surface area contributed by atoms with Gasteiger partial charge in [-0.25, -0.2) is 0 Å². The van der Waals surface area contributed by atoms with E-state index in [-0.39, 0.29) is 21.8 Å². The molecule has 3 rings (SSSR count). The van der Waals surface area contributed by atoms with Crippen molar-refractivity contribution in [1.29, 1.82) is 0 Å². The molecule has 8 heteroatoms. The van der Waals surface area contributed by atoms with E-state index in [2.05, 4.69) is 0 Å². The van der Waals surface area contributed by atoms with Gasteiger partial charge in [0.15, 0.2) is 6.29 Å². The number of nitrogens with zero attached hydrogens (tertiary/aromatic N) is 1. The largest absolute Gasteiger partial charge is 0.507 e. The Bertz CT molecular complexity index is 894. The van der Waals surface area contributed by atoms with Crippen molar-refractivity contribution in [3.63, 3.8) is 0 Å². The molecule has 0 radical (unpaired) electrons. The normalized spacial score (nSPS) is 15.9. The summed E-state index contributed by atoms with van der Waals surface area (Å²) in [6, 6.07) is 7.27. The SMILES string of the molecule is O=Cc1cc(Cl)cc(C2Oc3ccc(Cl)cc3C=C2[N+](=O)[O-])c1O. The van der Waals surface area contributed by atoms with E-state index >= 15 is 0 Å². The zero-order valence-electron chi connectivity index (χ0n) is 11.9. The van der Waals surface area contributed by atoms with Crippen LogP contribution in [0.25, 0.3) is 6.08 Å². The van der Waals surface area contributed by atoms with Crippen LogP contribution in [0.1, 0.15) is 27.6 Å². The molecule has 2 aromatic rings. The highest BCUT2D eigenvalue weighted by Gasteiger charge is 2.35. The van der Waals surface area contributed by atoms with Crippen LogP contribution in [0.2, 0.25) is 10.0 Å². The van der Waals surface area contributed by atoms with E-state index in [4.69, 9.17) is 27.9 Å². The average molecular weight is 366 g/mol. The lowest BCUT2D eigenvalue weighted by Gasteiger charge is -2.23. The van der Waals surface area contributed by atoms with E-state index in [1.807, 2.05) is 0 Å². The van der Waals surface area contributed by atoms with Gasteiger partial charge in [0.25, 0.3) is 5.70 Å². The third-order valence-corrected chi connectivity index (χ3v) is 4.00. The third kappa shape index (κ3) is 2.81. The quantitative estimate of drug-likeness (QED) is 0.498. The fourth-order valence-corrected chi connectivity index (χ4v) is 2.88. The second kappa shape index (κ2) is 6.14. The summed E-state index contributed by atoms with van der Waals surface area (Å²) >= 11 is 11.8. The predicted molar refractivity (Wildman–Crippen MR) is 88.3 cm³/mol. The van der Waals surface area contributed by atoms with Crippen molar-refractivity contribution in [2.24, 2.45) is 0 Å². The van der Waals surface area contributed by atoms with Crippen molar-refractivity contribution in [3.8, 4) is 11.5 Å². The van der Waals surface area contributed by atoms with E-state index in [0.29, 0.717) is 22.6 Å². The molecule has 0 fully saturated rings. The Morgan fingerprint density at radius 2 is 1.96 bits per heavy atom. The molecule has 0 spiro atoms. The molecule has 122 valence electrons. The number of hydrogen-bond acceptors (Lipinski definition) is 5. The Morgan fingerprint density at radius 3 is 2.62 bits per heavy atom. The topological polar surface area (TPSA) is 89.7 Å². The predicted octanol–water partition coefficient (Wildman–Crippen LogP) is 4.26. The number of ether oxygens (including phenoxy) is 1. The van der Waals surface area contributed by atoms with Crippen LogP contribution in [0.4, 0.5) is 0 Å². The van der Waals surface area contributed by atoms with E-state index in [1.165, 1.54) is 24.3 Å². The number of halogens is 2. The van der Waals surface area contributed by atoms with Crippen LogP contribution >= 0.6 is 23.2 Å². The second-order valence-electron chi connectivity index (χ2n) is 5.06. The van der Waals surface area contributed by atoms with E-state index in [0.717, 1.165) is 0 Å². The van der Waals surface area contributed by atoms with Crippen molar-refractivity contribution in [1.82, 2.24) is 0 Å². The summed E-state index contributed by atoms with van der Waals surface area (Å²) < 4.78 is 5.68. The summed E-state index contributed by atoms with van der Waals surface area (Å²) in [7, 11) is 0. The molecule has 0 aromatic heterocycles. The number of fused-ring (bicyclic) bond motifs is 1. The summed E-state index contributed by atoms with van der Waals surface area (Å²) in [6.07, 6.45) is 0.513. The van der Waals surface area contributed by atoms with E-state index < -0.39 is 16.8 Å². The summed E-state index contributed by atoms with van der Waals surface area (Å²) in [5, 5.41) is 22.2. The summed E-state index contributed by atoms with van der Waals surface area (Å²) in [5.41, 5.74) is 0.0978. The standard InChI is InChI=1S/C16H9Cl2NO5/c17-10-1-2-14-8(3-10)5-13(19(22)23)16(24-14)12-6-11(18)4-9(7-20)15(12)21/h1-7,16,21H. The van der Waals surface area contributed by atoms with E-state index in [9.17, 15) is 20.0 Å². The first-order chi connectivity index (χ1) is 11.4. The summed E-state index contributed by atoms with van der Waals surface area (Å²) in [5.74, 6) is -0.0495. The maximum atomic E-state index is 11.4. The fourth-order valence-electron chi connectivity index (χ4n) is 2.46. The molecule has 1 aliphatic rings. The minimum Gasteiger partial charge on any atom is -0.507 e. The Kier molecular flexibility index (Phi) is 4.17. The lowest BCUT2D eigenvalue weighted by Crippen LogP contribution is -2.20. The molecule has 1 N–H and O–H groups in total. The highest BCUT2D eigenvalue weighted by atomic mass is 35.5. The van der Waals surface area contributed by atoms with Crippen molar-refractivity contribution < 1.29 is 19.6 Å². The lowest BCUT2D eigenvalue weighted by atomic mass is 9.98. The monoisotopic (exact) mass is 365 g/mol. The molecular weight excluding hydrogens is 357 g/mol. The van der Waals surface area contributed by atoms with Crippen molar-refractivity contribution in [3.05, 3.63) is 72.9 Å². The first-order valence-corrected chi connectivity index (χ1v) is 7.46. The van der Waals surface area contributed by atoms with Crippen LogP contribution < -0.4 is 4.74 Å². The smallest absolute Gasteiger partial charge is 0.291 e. The Labute approximate surface area is 146 Å². The number of nitro groups is 1. The zero-order chi connectivity index (χ0) is 17.4. The molecule has 24 heavy (non-hydrogen) atoms. The van der Waals surface area contributed by atoms with Crippen molar-refractivity contribution in [2.45, 2.75) is 6.10 Å². The van der Waals surface area contributed by atoms with Gasteiger partial charge in [-0.15, -0.1) is 0 Å². The zero-order valence-corrected chi connectivity index (χ0v) is 13.4. The Balaban J connectivity index is 2.19. The molecule has 0 bridgehead atoms. The molecule has 1 heterocycles. The molecule has 6 nitrogen and oxygen atoms in total. The molecule has 0 amide bonds. The molecule has 0 saturated carbocycles. The van der Waals surface area contributed by atoms with Crippen LogP contribution in [0.3, 0.4) is 0 Å². The molecule has 2 aromatic carbocycles. The molecule has 1 aliphatic heterocycles. The van der Waals surface area contributed by atoms with Crippen LogP contribution in [0.15, 0.2) is 36.0 Å². The second-order valence-corrected chi connectivity index (χ2v) is 5.93. The van der Waals surface area contributed by atoms with Gasteiger partial charge >= 0.3 is 0 Å². The minimum absolute atomic E-state index is 0.0353. The maximum absolute atomic E-state index is 11.4. The Morgan fingerprint density at radius 1 is 1.21 bits per heavy atom. The van der Waals surface area contributed by atoms with Crippen LogP contribution in [-0.4, -0.2) is 16.3 Å². The number of rotatable bonds is 3. The number of benzene rings is 2. The van der Waals surface area contributed by atoms with Gasteiger partial charge in [0.2, 0.25) is 6.10 Å². The van der Waals surface area contributed by atoms with Gasteiger partial charge in [-0.1, -0.05) is 23.2 Å².